The molecule has 1 aromatic heterocycles. The van der Waals surface area contributed by atoms with Crippen molar-refractivity contribution in [3.8, 4) is 0 Å². The van der Waals surface area contributed by atoms with Crippen LogP contribution in [0.15, 0.2) is 55.0 Å². The van der Waals surface area contributed by atoms with Crippen molar-refractivity contribution in [3.63, 3.8) is 0 Å². The Kier molecular flexibility index (Phi) is 6.67. The van der Waals surface area contributed by atoms with Crippen LogP contribution in [0, 0.1) is 12.3 Å². The molecule has 0 saturated carbocycles. The number of aromatic carboxylic acids is 2. The molecule has 172 valence electrons. The molecule has 0 aliphatic heterocycles. The number of esters is 1. The van der Waals surface area contributed by atoms with Crippen molar-refractivity contribution in [1.29, 1.82) is 0 Å². The normalized spacial score (nSPS) is 15.7. The van der Waals surface area contributed by atoms with E-state index in [0.717, 1.165) is 6.42 Å². The molecule has 1 aliphatic rings. The maximum absolute atomic E-state index is 11.9. The fraction of sp³-hybridized carbons (Fsp3) is 0.280. The van der Waals surface area contributed by atoms with Gasteiger partial charge in [-0.3, -0.25) is 0 Å². The van der Waals surface area contributed by atoms with Crippen molar-refractivity contribution in [2.24, 2.45) is 5.41 Å². The van der Waals surface area contributed by atoms with Gasteiger partial charge in [0.05, 0.1) is 36.8 Å². The number of imidazole rings is 1. The Morgan fingerprint density at radius 2 is 1.64 bits per heavy atom. The number of carboxylic acid groups (broad SMARTS) is 2. The molecule has 1 unspecified atom stereocenters. The van der Waals surface area contributed by atoms with E-state index in [1.54, 1.807) is 12.5 Å². The second kappa shape index (κ2) is 9.28. The smallest absolute Gasteiger partial charge is 0.356 e. The largest absolute Gasteiger partial charge is 0.478 e. The van der Waals surface area contributed by atoms with Crippen molar-refractivity contribution in [3.05, 3.63) is 88.5 Å². The standard InChI is InChI=1S/C16H18N2O2.C9H8O4/c1-16(2)8-11-6-4-5-7-12(11)14(16)18-10-17-9-13(18)15(19)20-3;1-5-6(8(10)11)3-2-4-7(5)9(12)13/h4-7,9-10,14H,8H2,1-3H3;2-4H,1H3,(H,10,11)(H,12,13). The molecule has 2 N–H and O–H groups in total. The Morgan fingerprint density at radius 1 is 1.03 bits per heavy atom. The SMILES string of the molecule is COC(=O)c1cncn1C1c2ccccc2CC1(C)C.Cc1c(C(=O)O)cccc1C(=O)O. The van der Waals surface area contributed by atoms with Crippen molar-refractivity contribution >= 4 is 17.9 Å². The fourth-order valence-corrected chi connectivity index (χ4v) is 4.37. The molecule has 1 heterocycles. The highest BCUT2D eigenvalue weighted by Crippen LogP contribution is 2.47. The van der Waals surface area contributed by atoms with Gasteiger partial charge in [0.2, 0.25) is 0 Å². The highest BCUT2D eigenvalue weighted by molar-refractivity contribution is 5.96. The molecule has 0 bridgehead atoms. The molecule has 1 aliphatic carbocycles. The first-order chi connectivity index (χ1) is 15.6. The van der Waals surface area contributed by atoms with Crippen LogP contribution in [-0.2, 0) is 11.2 Å². The van der Waals surface area contributed by atoms with E-state index in [4.69, 9.17) is 14.9 Å². The molecule has 0 spiro atoms. The van der Waals surface area contributed by atoms with E-state index < -0.39 is 11.9 Å². The van der Waals surface area contributed by atoms with Gasteiger partial charge in [-0.25, -0.2) is 19.4 Å². The first-order valence-electron chi connectivity index (χ1n) is 10.3. The van der Waals surface area contributed by atoms with Crippen molar-refractivity contribution in [2.45, 2.75) is 33.2 Å². The van der Waals surface area contributed by atoms with E-state index in [0.29, 0.717) is 5.69 Å². The van der Waals surface area contributed by atoms with Gasteiger partial charge in [-0.05, 0) is 47.6 Å². The monoisotopic (exact) mass is 450 g/mol. The maximum Gasteiger partial charge on any atom is 0.356 e. The van der Waals surface area contributed by atoms with Gasteiger partial charge < -0.3 is 19.5 Å². The Labute approximate surface area is 191 Å². The molecule has 0 fully saturated rings. The molecule has 0 amide bonds. The number of carbonyl (C=O) groups excluding carboxylic acids is 1. The summed E-state index contributed by atoms with van der Waals surface area (Å²) in [6, 6.07) is 12.7. The van der Waals surface area contributed by atoms with E-state index >= 15 is 0 Å². The first kappa shape index (κ1) is 23.7. The van der Waals surface area contributed by atoms with Gasteiger partial charge in [-0.15, -0.1) is 0 Å². The molecule has 8 heteroatoms. The molecular formula is C25H26N2O6. The number of rotatable bonds is 4. The summed E-state index contributed by atoms with van der Waals surface area (Å²) >= 11 is 0. The average molecular weight is 450 g/mol. The van der Waals surface area contributed by atoms with Gasteiger partial charge in [0.1, 0.15) is 5.69 Å². The Hall–Kier alpha value is -3.94. The molecule has 8 nitrogen and oxygen atoms in total. The highest BCUT2D eigenvalue weighted by Gasteiger charge is 2.41. The molecular weight excluding hydrogens is 424 g/mol. The van der Waals surface area contributed by atoms with Crippen molar-refractivity contribution < 1.29 is 29.3 Å². The zero-order chi connectivity index (χ0) is 24.3. The maximum atomic E-state index is 11.9. The number of aromatic nitrogens is 2. The number of ether oxygens (including phenoxy) is 1. The third-order valence-electron chi connectivity index (χ3n) is 5.87. The molecule has 3 aromatic rings. The van der Waals surface area contributed by atoms with Gasteiger partial charge in [0.25, 0.3) is 0 Å². The third-order valence-corrected chi connectivity index (χ3v) is 5.87. The van der Waals surface area contributed by atoms with Crippen LogP contribution in [0.3, 0.4) is 0 Å². The molecule has 1 atom stereocenters. The molecule has 33 heavy (non-hydrogen) atoms. The van der Waals surface area contributed by atoms with Crippen LogP contribution in [0.1, 0.15) is 67.8 Å². The quantitative estimate of drug-likeness (QED) is 0.571. The summed E-state index contributed by atoms with van der Waals surface area (Å²) in [7, 11) is 1.40. The Morgan fingerprint density at radius 3 is 2.21 bits per heavy atom. The van der Waals surface area contributed by atoms with E-state index in [1.165, 1.54) is 43.4 Å². The van der Waals surface area contributed by atoms with E-state index in [-0.39, 0.29) is 34.1 Å². The fourth-order valence-electron chi connectivity index (χ4n) is 4.37. The van der Waals surface area contributed by atoms with Crippen LogP contribution >= 0.6 is 0 Å². The first-order valence-corrected chi connectivity index (χ1v) is 10.3. The van der Waals surface area contributed by atoms with Gasteiger partial charge in [0, 0.05) is 0 Å². The van der Waals surface area contributed by atoms with Crippen LogP contribution in [0.5, 0.6) is 0 Å². The van der Waals surface area contributed by atoms with Crippen LogP contribution < -0.4 is 0 Å². The van der Waals surface area contributed by atoms with Crippen LogP contribution in [0.25, 0.3) is 0 Å². The lowest BCUT2D eigenvalue weighted by Crippen LogP contribution is -2.26. The predicted octanol–water partition coefficient (Wildman–Crippen LogP) is 4.23. The molecule has 4 rings (SSSR count). The second-order valence-corrected chi connectivity index (χ2v) is 8.53. The van der Waals surface area contributed by atoms with Crippen LogP contribution in [0.2, 0.25) is 0 Å². The van der Waals surface area contributed by atoms with Crippen molar-refractivity contribution in [2.75, 3.05) is 7.11 Å². The number of benzene rings is 2. The predicted molar refractivity (Wildman–Crippen MR) is 121 cm³/mol. The lowest BCUT2D eigenvalue weighted by atomic mass is 9.85. The van der Waals surface area contributed by atoms with Crippen molar-refractivity contribution in [1.82, 2.24) is 9.55 Å². The number of hydrogen-bond acceptors (Lipinski definition) is 5. The topological polar surface area (TPSA) is 119 Å². The summed E-state index contributed by atoms with van der Waals surface area (Å²) < 4.78 is 6.79. The zero-order valence-corrected chi connectivity index (χ0v) is 18.9. The Bertz CT molecular complexity index is 1180. The van der Waals surface area contributed by atoms with Gasteiger partial charge >= 0.3 is 17.9 Å². The number of methoxy groups -OCH3 is 1. The number of carboxylic acids is 2. The van der Waals surface area contributed by atoms with Crippen LogP contribution in [-0.4, -0.2) is 44.8 Å². The summed E-state index contributed by atoms with van der Waals surface area (Å²) in [6.07, 6.45) is 4.29. The van der Waals surface area contributed by atoms with E-state index in [9.17, 15) is 14.4 Å². The summed E-state index contributed by atoms with van der Waals surface area (Å²) in [4.78, 5) is 37.2. The lowest BCUT2D eigenvalue weighted by molar-refractivity contribution is 0.0581. The summed E-state index contributed by atoms with van der Waals surface area (Å²) in [6.45, 7) is 5.92. The number of carbonyl (C=O) groups is 3. The van der Waals surface area contributed by atoms with Gasteiger partial charge in [-0.2, -0.15) is 0 Å². The third kappa shape index (κ3) is 4.64. The van der Waals surface area contributed by atoms with Gasteiger partial charge in [0.15, 0.2) is 0 Å². The molecule has 0 saturated heterocycles. The minimum Gasteiger partial charge on any atom is -0.478 e. The molecule has 0 radical (unpaired) electrons. The lowest BCUT2D eigenvalue weighted by Gasteiger charge is -2.29. The molecule has 2 aromatic carbocycles. The second-order valence-electron chi connectivity index (χ2n) is 8.53. The Balaban J connectivity index is 0.000000205. The van der Waals surface area contributed by atoms with E-state index in [2.05, 4.69) is 37.0 Å². The average Bonchev–Trinajstić information content (AvgIpc) is 3.33. The minimum absolute atomic E-state index is 0.0277. The summed E-state index contributed by atoms with van der Waals surface area (Å²) in [5.74, 6) is -2.57. The number of nitrogens with zero attached hydrogens (tertiary/aromatic N) is 2. The zero-order valence-electron chi connectivity index (χ0n) is 18.9. The summed E-state index contributed by atoms with van der Waals surface area (Å²) in [5.41, 5.74) is 3.48. The summed E-state index contributed by atoms with van der Waals surface area (Å²) in [5, 5.41) is 17.4. The number of hydrogen-bond donors (Lipinski definition) is 2. The number of fused-ring (bicyclic) bond motifs is 1. The highest BCUT2D eigenvalue weighted by atomic mass is 16.5. The minimum atomic E-state index is -1.11. The van der Waals surface area contributed by atoms with E-state index in [1.807, 2.05) is 10.6 Å². The van der Waals surface area contributed by atoms with Gasteiger partial charge in [-0.1, -0.05) is 44.2 Å². The van der Waals surface area contributed by atoms with Crippen LogP contribution in [0.4, 0.5) is 0 Å².